The zero-order valence-electron chi connectivity index (χ0n) is 12.8. The second-order valence-corrected chi connectivity index (χ2v) is 6.75. The molecule has 0 amide bonds. The predicted molar refractivity (Wildman–Crippen MR) is 91.8 cm³/mol. The maximum Gasteiger partial charge on any atom is 0.239 e. The number of nitrogens with zero attached hydrogens (tertiary/aromatic N) is 3. The molecule has 0 aliphatic carbocycles. The fraction of sp³-hybridized carbons (Fsp3) is 0.125. The molecular formula is C16H17N5O2S. The third kappa shape index (κ3) is 3.79. The Balaban J connectivity index is 1.63. The molecule has 0 unspecified atom stereocenters. The van der Waals surface area contributed by atoms with Gasteiger partial charge in [-0.15, -0.1) is 0 Å². The number of hydrogen-bond acceptors (Lipinski definition) is 5. The number of rotatable bonds is 6. The quantitative estimate of drug-likeness (QED) is 0.709. The number of anilines is 1. The Morgan fingerprint density at radius 2 is 1.88 bits per heavy atom. The molecule has 3 N–H and O–H groups in total. The van der Waals surface area contributed by atoms with Crippen LogP contribution in [-0.2, 0) is 16.6 Å². The van der Waals surface area contributed by atoms with Gasteiger partial charge in [0.1, 0.15) is 10.7 Å². The first-order valence-corrected chi connectivity index (χ1v) is 8.87. The Bertz CT molecular complexity index is 905. The minimum absolute atomic E-state index is 0.00553. The summed E-state index contributed by atoms with van der Waals surface area (Å²) >= 11 is 0. The number of pyridine rings is 1. The van der Waals surface area contributed by atoms with Gasteiger partial charge < -0.3 is 9.88 Å². The Kier molecular flexibility index (Phi) is 4.59. The third-order valence-corrected chi connectivity index (χ3v) is 4.40. The van der Waals surface area contributed by atoms with Gasteiger partial charge >= 0.3 is 0 Å². The first-order valence-electron chi connectivity index (χ1n) is 7.32. The molecule has 2 aromatic heterocycles. The van der Waals surface area contributed by atoms with Gasteiger partial charge in [0.2, 0.25) is 10.0 Å². The van der Waals surface area contributed by atoms with E-state index in [0.717, 1.165) is 11.3 Å². The molecule has 0 bridgehead atoms. The summed E-state index contributed by atoms with van der Waals surface area (Å²) in [5.41, 5.74) is 2.14. The van der Waals surface area contributed by atoms with Gasteiger partial charge in [0.25, 0.3) is 0 Å². The smallest absolute Gasteiger partial charge is 0.239 e. The topological polar surface area (TPSA) is 103 Å². The van der Waals surface area contributed by atoms with E-state index in [-0.39, 0.29) is 4.90 Å². The lowest BCUT2D eigenvalue weighted by atomic mass is 10.2. The van der Waals surface area contributed by atoms with Crippen LogP contribution in [-0.4, -0.2) is 29.5 Å². The summed E-state index contributed by atoms with van der Waals surface area (Å²) in [6.07, 6.45) is 4.85. The van der Waals surface area contributed by atoms with Crippen LogP contribution in [0.2, 0.25) is 0 Å². The van der Waals surface area contributed by atoms with Gasteiger partial charge in [-0.2, -0.15) is 0 Å². The van der Waals surface area contributed by atoms with Crippen LogP contribution >= 0.6 is 0 Å². The summed E-state index contributed by atoms with van der Waals surface area (Å²) in [4.78, 5) is 8.25. The molecule has 124 valence electrons. The lowest BCUT2D eigenvalue weighted by Crippen LogP contribution is -2.14. The van der Waals surface area contributed by atoms with E-state index in [1.54, 1.807) is 12.4 Å². The highest BCUT2D eigenvalue weighted by atomic mass is 32.2. The zero-order chi connectivity index (χ0) is 17.0. The van der Waals surface area contributed by atoms with Crippen molar-refractivity contribution in [1.29, 1.82) is 0 Å². The highest BCUT2D eigenvalue weighted by molar-refractivity contribution is 7.89. The molecule has 0 saturated heterocycles. The van der Waals surface area contributed by atoms with Crippen molar-refractivity contribution in [3.8, 4) is 11.3 Å². The fourth-order valence-corrected chi connectivity index (χ4v) is 2.76. The Labute approximate surface area is 140 Å². The molecule has 0 aliphatic heterocycles. The first kappa shape index (κ1) is 16.2. The number of nitrogens with one attached hydrogen (secondary N) is 1. The molecule has 3 aromatic rings. The van der Waals surface area contributed by atoms with Crippen molar-refractivity contribution in [3.05, 3.63) is 61.2 Å². The second kappa shape index (κ2) is 6.81. The van der Waals surface area contributed by atoms with Crippen molar-refractivity contribution >= 4 is 15.8 Å². The summed E-state index contributed by atoms with van der Waals surface area (Å²) in [6.45, 7) is 1.32. The summed E-state index contributed by atoms with van der Waals surface area (Å²) < 4.78 is 24.4. The van der Waals surface area contributed by atoms with E-state index in [1.807, 2.05) is 41.1 Å². The number of aromatic nitrogens is 3. The van der Waals surface area contributed by atoms with Crippen molar-refractivity contribution in [2.75, 3.05) is 11.9 Å². The van der Waals surface area contributed by atoms with Gasteiger partial charge in [0.05, 0.1) is 18.2 Å². The van der Waals surface area contributed by atoms with Crippen LogP contribution in [0.15, 0.2) is 66.1 Å². The lowest BCUT2D eigenvalue weighted by Gasteiger charge is -2.10. The van der Waals surface area contributed by atoms with E-state index < -0.39 is 10.0 Å². The van der Waals surface area contributed by atoms with Gasteiger partial charge in [-0.3, -0.25) is 0 Å². The molecule has 24 heavy (non-hydrogen) atoms. The van der Waals surface area contributed by atoms with Crippen LogP contribution in [0.3, 0.4) is 0 Å². The van der Waals surface area contributed by atoms with Crippen LogP contribution in [0.4, 0.5) is 5.82 Å². The Morgan fingerprint density at radius 1 is 1.08 bits per heavy atom. The molecular weight excluding hydrogens is 326 g/mol. The number of benzene rings is 1. The van der Waals surface area contributed by atoms with Crippen molar-refractivity contribution in [2.45, 2.75) is 11.4 Å². The van der Waals surface area contributed by atoms with Gasteiger partial charge in [0.15, 0.2) is 0 Å². The summed E-state index contributed by atoms with van der Waals surface area (Å²) in [7, 11) is -3.71. The Morgan fingerprint density at radius 3 is 2.54 bits per heavy atom. The van der Waals surface area contributed by atoms with Crippen LogP contribution in [0.25, 0.3) is 11.3 Å². The third-order valence-electron chi connectivity index (χ3n) is 3.51. The van der Waals surface area contributed by atoms with Crippen molar-refractivity contribution < 1.29 is 8.42 Å². The normalized spacial score (nSPS) is 11.4. The lowest BCUT2D eigenvalue weighted by molar-refractivity contribution is 0.597. The van der Waals surface area contributed by atoms with Crippen LogP contribution in [0, 0.1) is 0 Å². The standard InChI is InChI=1S/C16H17N5O2S/c17-24(22,23)14-6-7-16(20-10-14)19-8-9-21-12-18-11-15(21)13-4-2-1-3-5-13/h1-7,10-12H,8-9H2,(H,19,20)(H2,17,22,23). The largest absolute Gasteiger partial charge is 0.368 e. The maximum atomic E-state index is 11.2. The molecule has 0 aliphatic rings. The first-order chi connectivity index (χ1) is 11.5. The van der Waals surface area contributed by atoms with Crippen molar-refractivity contribution in [2.24, 2.45) is 5.14 Å². The number of nitrogens with two attached hydrogens (primary N) is 1. The zero-order valence-corrected chi connectivity index (χ0v) is 13.6. The second-order valence-electron chi connectivity index (χ2n) is 5.19. The molecule has 0 fully saturated rings. The van der Waals surface area contributed by atoms with Crippen molar-refractivity contribution in [3.63, 3.8) is 0 Å². The van der Waals surface area contributed by atoms with Crippen LogP contribution in [0.5, 0.6) is 0 Å². The molecule has 0 atom stereocenters. The highest BCUT2D eigenvalue weighted by Crippen LogP contribution is 2.18. The Hall–Kier alpha value is -2.71. The van der Waals surface area contributed by atoms with E-state index in [1.165, 1.54) is 12.3 Å². The molecule has 0 spiro atoms. The van der Waals surface area contributed by atoms with Gasteiger partial charge in [-0.25, -0.2) is 23.5 Å². The van der Waals surface area contributed by atoms with Crippen LogP contribution < -0.4 is 10.5 Å². The molecule has 7 nitrogen and oxygen atoms in total. The number of primary sulfonamides is 1. The van der Waals surface area contributed by atoms with Crippen LogP contribution in [0.1, 0.15) is 0 Å². The summed E-state index contributed by atoms with van der Waals surface area (Å²) in [6, 6.07) is 13.0. The fourth-order valence-electron chi connectivity index (χ4n) is 2.31. The molecule has 1 aromatic carbocycles. The summed E-state index contributed by atoms with van der Waals surface area (Å²) in [5.74, 6) is 0.587. The minimum Gasteiger partial charge on any atom is -0.368 e. The van der Waals surface area contributed by atoms with Crippen molar-refractivity contribution in [1.82, 2.24) is 14.5 Å². The molecule has 0 radical (unpaired) electrons. The number of imidazole rings is 1. The average molecular weight is 343 g/mol. The van der Waals surface area contributed by atoms with E-state index in [4.69, 9.17) is 5.14 Å². The number of sulfonamides is 1. The molecule has 3 rings (SSSR count). The predicted octanol–water partition coefficient (Wildman–Crippen LogP) is 1.70. The monoisotopic (exact) mass is 343 g/mol. The average Bonchev–Trinajstić information content (AvgIpc) is 3.04. The van der Waals surface area contributed by atoms with E-state index in [2.05, 4.69) is 15.3 Å². The van der Waals surface area contributed by atoms with E-state index in [0.29, 0.717) is 18.9 Å². The molecule has 0 saturated carbocycles. The van der Waals surface area contributed by atoms with Gasteiger partial charge in [-0.1, -0.05) is 30.3 Å². The number of hydrogen-bond donors (Lipinski definition) is 2. The SMILES string of the molecule is NS(=O)(=O)c1ccc(NCCn2cncc2-c2ccccc2)nc1. The molecule has 8 heteroatoms. The van der Waals surface area contributed by atoms with E-state index in [9.17, 15) is 8.42 Å². The summed E-state index contributed by atoms with van der Waals surface area (Å²) in [5, 5.41) is 8.19. The molecule has 2 heterocycles. The van der Waals surface area contributed by atoms with Gasteiger partial charge in [0, 0.05) is 19.3 Å². The minimum atomic E-state index is -3.71. The highest BCUT2D eigenvalue weighted by Gasteiger charge is 2.08. The van der Waals surface area contributed by atoms with Gasteiger partial charge in [-0.05, 0) is 17.7 Å². The van der Waals surface area contributed by atoms with E-state index >= 15 is 0 Å². The maximum absolute atomic E-state index is 11.2.